The van der Waals surface area contributed by atoms with E-state index in [-0.39, 0.29) is 0 Å². The summed E-state index contributed by atoms with van der Waals surface area (Å²) in [7, 11) is 0. The molecule has 4 nitrogen and oxygen atoms in total. The van der Waals surface area contributed by atoms with Crippen LogP contribution in [0.1, 0.15) is 35.7 Å². The van der Waals surface area contributed by atoms with Gasteiger partial charge < -0.3 is 9.30 Å². The zero-order valence-corrected chi connectivity index (χ0v) is 15.3. The molecule has 0 unspecified atom stereocenters. The smallest absolute Gasteiger partial charge is 0.293 e. The number of ether oxygens (including phenoxy) is 1. The molecule has 3 aromatic rings. The lowest BCUT2D eigenvalue weighted by Crippen LogP contribution is -2.07. The minimum absolute atomic E-state index is 0.303. The molecule has 2 aromatic carbocycles. The Labute approximate surface area is 157 Å². The monoisotopic (exact) mass is 369 g/mol. The van der Waals surface area contributed by atoms with Gasteiger partial charge in [-0.25, -0.2) is 0 Å². The van der Waals surface area contributed by atoms with Crippen molar-refractivity contribution in [1.82, 2.24) is 4.57 Å². The Bertz CT molecular complexity index is 931. The molecular formula is C21H20ClNO3. The molecule has 5 heteroatoms. The fraction of sp³-hybridized carbons (Fsp3) is 0.238. The highest BCUT2D eigenvalue weighted by atomic mass is 35.5. The normalized spacial score (nSPS) is 10.8. The zero-order valence-electron chi connectivity index (χ0n) is 14.6. The van der Waals surface area contributed by atoms with Crippen LogP contribution in [-0.2, 0) is 11.3 Å². The van der Waals surface area contributed by atoms with Crippen LogP contribution in [0.3, 0.4) is 0 Å². The summed E-state index contributed by atoms with van der Waals surface area (Å²) in [6.07, 6.45) is 3.69. The van der Waals surface area contributed by atoms with E-state index in [1.165, 1.54) is 0 Å². The van der Waals surface area contributed by atoms with Crippen molar-refractivity contribution in [2.45, 2.75) is 26.3 Å². The predicted molar refractivity (Wildman–Crippen MR) is 103 cm³/mol. The van der Waals surface area contributed by atoms with E-state index in [4.69, 9.17) is 16.3 Å². The molecule has 0 bridgehead atoms. The van der Waals surface area contributed by atoms with Crippen molar-refractivity contribution in [3.8, 4) is 5.75 Å². The Kier molecular flexibility index (Phi) is 5.74. The number of hydrogen-bond donors (Lipinski definition) is 0. The molecule has 0 aliphatic heterocycles. The first kappa shape index (κ1) is 18.2. The zero-order chi connectivity index (χ0) is 18.5. The third-order valence-electron chi connectivity index (χ3n) is 4.24. The van der Waals surface area contributed by atoms with E-state index in [9.17, 15) is 9.59 Å². The van der Waals surface area contributed by atoms with Crippen LogP contribution >= 0.6 is 11.6 Å². The van der Waals surface area contributed by atoms with Gasteiger partial charge in [0.25, 0.3) is 5.24 Å². The van der Waals surface area contributed by atoms with Gasteiger partial charge in [-0.1, -0.05) is 43.7 Å². The molecule has 134 valence electrons. The van der Waals surface area contributed by atoms with Crippen molar-refractivity contribution >= 4 is 33.5 Å². The van der Waals surface area contributed by atoms with E-state index in [1.54, 1.807) is 12.3 Å². The van der Waals surface area contributed by atoms with Gasteiger partial charge in [0.15, 0.2) is 0 Å². The third-order valence-corrected chi connectivity index (χ3v) is 4.41. The number of carbonyl (C=O) groups excluding carboxylic acids is 2. The highest BCUT2D eigenvalue weighted by Gasteiger charge is 2.20. The first-order chi connectivity index (χ1) is 12.6. The first-order valence-electron chi connectivity index (χ1n) is 8.64. The minimum Gasteiger partial charge on any atom is -0.494 e. The Balaban J connectivity index is 2.02. The van der Waals surface area contributed by atoms with E-state index >= 15 is 0 Å². The molecule has 0 saturated heterocycles. The topological polar surface area (TPSA) is 48.3 Å². The third kappa shape index (κ3) is 3.97. The van der Waals surface area contributed by atoms with Crippen LogP contribution < -0.4 is 4.74 Å². The van der Waals surface area contributed by atoms with Crippen LogP contribution in [0.15, 0.2) is 54.7 Å². The Morgan fingerprint density at radius 2 is 1.88 bits per heavy atom. The summed E-state index contributed by atoms with van der Waals surface area (Å²) in [5.74, 6) is -0.0198. The van der Waals surface area contributed by atoms with Crippen LogP contribution in [0.4, 0.5) is 0 Å². The lowest BCUT2D eigenvalue weighted by molar-refractivity contribution is -0.108. The number of nitrogens with zero attached hydrogens (tertiary/aromatic N) is 1. The molecule has 0 aliphatic carbocycles. The maximum absolute atomic E-state index is 12.3. The largest absolute Gasteiger partial charge is 0.494 e. The van der Waals surface area contributed by atoms with Crippen LogP contribution in [0.2, 0.25) is 0 Å². The number of aromatic nitrogens is 1. The average Bonchev–Trinajstić information content (AvgIpc) is 3.00. The van der Waals surface area contributed by atoms with Crippen LogP contribution in [0.25, 0.3) is 10.9 Å². The molecule has 1 heterocycles. The molecule has 0 atom stereocenters. The number of carbonyl (C=O) groups is 2. The first-order valence-corrected chi connectivity index (χ1v) is 9.01. The number of fused-ring (bicyclic) bond motifs is 1. The molecule has 0 spiro atoms. The van der Waals surface area contributed by atoms with Crippen molar-refractivity contribution in [2.75, 3.05) is 6.61 Å². The van der Waals surface area contributed by atoms with Gasteiger partial charge in [-0.15, -0.1) is 0 Å². The fourth-order valence-electron chi connectivity index (χ4n) is 2.90. The maximum atomic E-state index is 12.3. The summed E-state index contributed by atoms with van der Waals surface area (Å²) in [5, 5.41) is -0.310. The Morgan fingerprint density at radius 1 is 1.12 bits per heavy atom. The number of ketones is 1. The van der Waals surface area contributed by atoms with E-state index in [0.29, 0.717) is 29.9 Å². The van der Waals surface area contributed by atoms with Crippen LogP contribution in [0.5, 0.6) is 5.75 Å². The van der Waals surface area contributed by atoms with Gasteiger partial charge in [0.1, 0.15) is 5.75 Å². The molecule has 0 aliphatic rings. The molecule has 1 aromatic heterocycles. The van der Waals surface area contributed by atoms with Crippen molar-refractivity contribution < 1.29 is 14.3 Å². The van der Waals surface area contributed by atoms with Crippen LogP contribution in [0, 0.1) is 0 Å². The number of rotatable bonds is 8. The SMILES string of the molecule is CCCCOc1ccc2c(c1)c(C(=O)C(=O)Cl)cn2Cc1ccccc1. The average molecular weight is 370 g/mol. The second kappa shape index (κ2) is 8.19. The van der Waals surface area contributed by atoms with Gasteiger partial charge >= 0.3 is 0 Å². The van der Waals surface area contributed by atoms with Gasteiger partial charge in [-0.2, -0.15) is 0 Å². The van der Waals surface area contributed by atoms with Gasteiger partial charge in [0.05, 0.1) is 12.2 Å². The molecular weight excluding hydrogens is 350 g/mol. The van der Waals surface area contributed by atoms with Crippen molar-refractivity contribution in [1.29, 1.82) is 0 Å². The van der Waals surface area contributed by atoms with Crippen molar-refractivity contribution in [2.24, 2.45) is 0 Å². The fourth-order valence-corrected chi connectivity index (χ4v) is 3.00. The molecule has 0 saturated carbocycles. The van der Waals surface area contributed by atoms with Gasteiger partial charge in [0.2, 0.25) is 5.78 Å². The van der Waals surface area contributed by atoms with E-state index in [2.05, 4.69) is 6.92 Å². The summed E-state index contributed by atoms with van der Waals surface area (Å²) < 4.78 is 7.69. The van der Waals surface area contributed by atoms with Crippen LogP contribution in [-0.4, -0.2) is 22.2 Å². The van der Waals surface area contributed by atoms with Gasteiger partial charge in [0, 0.05) is 23.6 Å². The maximum Gasteiger partial charge on any atom is 0.293 e. The van der Waals surface area contributed by atoms with Gasteiger partial charge in [-0.05, 0) is 41.8 Å². The molecule has 3 rings (SSSR count). The molecule has 0 radical (unpaired) electrons. The molecule has 0 fully saturated rings. The van der Waals surface area contributed by atoms with E-state index < -0.39 is 11.0 Å². The molecule has 0 amide bonds. The summed E-state index contributed by atoms with van der Waals surface area (Å²) >= 11 is 5.45. The predicted octanol–water partition coefficient (Wildman–Crippen LogP) is 4.82. The van der Waals surface area contributed by atoms with Gasteiger partial charge in [-0.3, -0.25) is 9.59 Å². The number of halogens is 1. The highest BCUT2D eigenvalue weighted by Crippen LogP contribution is 2.28. The minimum atomic E-state index is -0.985. The Morgan fingerprint density at radius 3 is 2.58 bits per heavy atom. The summed E-state index contributed by atoms with van der Waals surface area (Å²) in [6.45, 7) is 3.31. The number of benzene rings is 2. The summed E-state index contributed by atoms with van der Waals surface area (Å²) in [5.41, 5.74) is 2.26. The lowest BCUT2D eigenvalue weighted by Gasteiger charge is -2.08. The standard InChI is InChI=1S/C21H20ClNO3/c1-2-3-11-26-16-9-10-19-17(12-16)18(20(24)21(22)25)14-23(19)13-15-7-5-4-6-8-15/h4-10,12,14H,2-3,11,13H2,1H3. The quantitative estimate of drug-likeness (QED) is 0.247. The van der Waals surface area contributed by atoms with E-state index in [1.807, 2.05) is 47.0 Å². The molecule has 0 N–H and O–H groups in total. The number of hydrogen-bond acceptors (Lipinski definition) is 3. The summed E-state index contributed by atoms with van der Waals surface area (Å²) in [6, 6.07) is 15.5. The lowest BCUT2D eigenvalue weighted by atomic mass is 10.1. The summed E-state index contributed by atoms with van der Waals surface area (Å²) in [4.78, 5) is 23.7. The number of unbranched alkanes of at least 4 members (excludes halogenated alkanes) is 1. The Hall–Kier alpha value is -2.59. The molecule has 26 heavy (non-hydrogen) atoms. The second-order valence-electron chi connectivity index (χ2n) is 6.14. The van der Waals surface area contributed by atoms with E-state index in [0.717, 1.165) is 23.9 Å². The van der Waals surface area contributed by atoms with Crippen molar-refractivity contribution in [3.05, 3.63) is 65.9 Å². The highest BCUT2D eigenvalue weighted by molar-refractivity contribution is 6.83. The number of Topliss-reactive ketones (excluding diaryl/α,β-unsaturated/α-hetero) is 1. The van der Waals surface area contributed by atoms with Crippen molar-refractivity contribution in [3.63, 3.8) is 0 Å². The second-order valence-corrected chi connectivity index (χ2v) is 6.48.